The van der Waals surface area contributed by atoms with Gasteiger partial charge in [-0.3, -0.25) is 9.59 Å². The molecule has 2 aromatic carbocycles. The van der Waals surface area contributed by atoms with Crippen molar-refractivity contribution >= 4 is 23.3 Å². The van der Waals surface area contributed by atoms with E-state index >= 15 is 0 Å². The molecule has 152 valence electrons. The summed E-state index contributed by atoms with van der Waals surface area (Å²) in [6.45, 7) is 0.458. The number of carbonyl (C=O) groups excluding carboxylic acids is 2. The number of rotatable bonds is 4. The van der Waals surface area contributed by atoms with Gasteiger partial charge in [0.25, 0.3) is 11.8 Å². The average molecular weight is 411 g/mol. The molecule has 1 N–H and O–H groups in total. The summed E-state index contributed by atoms with van der Waals surface area (Å²) in [4.78, 5) is 35.1. The minimum atomic E-state index is -0.277. The van der Waals surface area contributed by atoms with Crippen LogP contribution < -0.4 is 14.8 Å². The second-order valence-electron chi connectivity index (χ2n) is 6.95. The smallest absolute Gasteiger partial charge is 0.330 e. The van der Waals surface area contributed by atoms with E-state index in [1.54, 1.807) is 62.9 Å². The van der Waals surface area contributed by atoms with Gasteiger partial charge in [0.1, 0.15) is 6.20 Å². The van der Waals surface area contributed by atoms with Gasteiger partial charge in [-0.2, -0.15) is 9.83 Å². The largest absolute Gasteiger partial charge is 0.355 e. The molecular weight excluding hydrogens is 392 g/mol. The normalized spacial score (nSPS) is 11.8. The molecule has 4 rings (SSSR count). The molecule has 0 radical (unpaired) electrons. The number of aromatic nitrogens is 2. The number of nitrogens with zero attached hydrogens (tertiary/aromatic N) is 5. The maximum absolute atomic E-state index is 13.0. The SMILES string of the molecule is CNC(=O)c1ccc(C2=NCc3cnc(C(=O)N(C)c4ccc(C#N)cc4)c[n+]32)cc1. The van der Waals surface area contributed by atoms with E-state index in [0.29, 0.717) is 29.2 Å². The Balaban J connectivity index is 1.61. The molecule has 2 amide bonds. The summed E-state index contributed by atoms with van der Waals surface area (Å²) < 4.78 is 1.85. The third-order valence-corrected chi connectivity index (χ3v) is 5.07. The zero-order valence-corrected chi connectivity index (χ0v) is 17.0. The number of benzene rings is 2. The van der Waals surface area contributed by atoms with E-state index in [1.165, 1.54) is 4.90 Å². The first-order chi connectivity index (χ1) is 15.0. The van der Waals surface area contributed by atoms with Gasteiger partial charge < -0.3 is 10.2 Å². The van der Waals surface area contributed by atoms with Crippen molar-refractivity contribution in [2.45, 2.75) is 6.54 Å². The van der Waals surface area contributed by atoms with Crippen LogP contribution in [0.25, 0.3) is 0 Å². The maximum atomic E-state index is 13.0. The second kappa shape index (κ2) is 8.16. The molecule has 2 heterocycles. The van der Waals surface area contributed by atoms with Crippen molar-refractivity contribution in [2.75, 3.05) is 19.0 Å². The summed E-state index contributed by atoms with van der Waals surface area (Å²) in [5.74, 6) is 0.257. The first-order valence-electron chi connectivity index (χ1n) is 9.58. The highest BCUT2D eigenvalue weighted by molar-refractivity contribution is 6.04. The van der Waals surface area contributed by atoms with Crippen molar-refractivity contribution in [3.05, 3.63) is 89.0 Å². The molecule has 31 heavy (non-hydrogen) atoms. The Hall–Kier alpha value is -4.38. The number of nitrogens with one attached hydrogen (secondary N) is 1. The van der Waals surface area contributed by atoms with Crippen LogP contribution in [0.15, 0.2) is 65.9 Å². The summed E-state index contributed by atoms with van der Waals surface area (Å²) in [6.07, 6.45) is 3.32. The Bertz CT molecular complexity index is 1240. The van der Waals surface area contributed by atoms with E-state index in [0.717, 1.165) is 11.3 Å². The van der Waals surface area contributed by atoms with Crippen LogP contribution in [0, 0.1) is 11.3 Å². The van der Waals surface area contributed by atoms with E-state index < -0.39 is 0 Å². The highest BCUT2D eigenvalue weighted by Gasteiger charge is 2.29. The van der Waals surface area contributed by atoms with Gasteiger partial charge in [0.05, 0.1) is 23.4 Å². The molecular formula is C23H19N6O2+. The van der Waals surface area contributed by atoms with Gasteiger partial charge in [0.15, 0.2) is 17.9 Å². The summed E-state index contributed by atoms with van der Waals surface area (Å²) in [5, 5.41) is 11.5. The maximum Gasteiger partial charge on any atom is 0.330 e. The number of aliphatic imine (C=N–C) groups is 1. The monoisotopic (exact) mass is 411 g/mol. The van der Waals surface area contributed by atoms with Gasteiger partial charge in [-0.25, -0.2) is 4.98 Å². The molecule has 0 fully saturated rings. The van der Waals surface area contributed by atoms with E-state index in [2.05, 4.69) is 21.4 Å². The quantitative estimate of drug-likeness (QED) is 0.660. The Morgan fingerprint density at radius 1 is 1.13 bits per heavy atom. The van der Waals surface area contributed by atoms with Crippen LogP contribution in [0.5, 0.6) is 0 Å². The number of amides is 2. The molecule has 0 saturated carbocycles. The summed E-state index contributed by atoms with van der Waals surface area (Å²) in [5.41, 5.74) is 3.72. The second-order valence-corrected chi connectivity index (χ2v) is 6.95. The number of fused-ring (bicyclic) bond motifs is 1. The van der Waals surface area contributed by atoms with Crippen LogP contribution >= 0.6 is 0 Å². The number of hydrogen-bond acceptors (Lipinski definition) is 5. The molecule has 1 aliphatic heterocycles. The minimum absolute atomic E-state index is 0.157. The molecule has 0 spiro atoms. The molecule has 0 atom stereocenters. The minimum Gasteiger partial charge on any atom is -0.355 e. The van der Waals surface area contributed by atoms with Crippen molar-refractivity contribution in [3.63, 3.8) is 0 Å². The number of nitriles is 1. The van der Waals surface area contributed by atoms with Crippen LogP contribution in [-0.2, 0) is 6.54 Å². The van der Waals surface area contributed by atoms with Gasteiger partial charge in [0.2, 0.25) is 0 Å². The van der Waals surface area contributed by atoms with Gasteiger partial charge >= 0.3 is 5.84 Å². The Labute approximate surface area is 179 Å². The predicted molar refractivity (Wildman–Crippen MR) is 114 cm³/mol. The average Bonchev–Trinajstić information content (AvgIpc) is 3.26. The van der Waals surface area contributed by atoms with Gasteiger partial charge in [0, 0.05) is 25.3 Å². The predicted octanol–water partition coefficient (Wildman–Crippen LogP) is 1.69. The Kier molecular flexibility index (Phi) is 5.24. The van der Waals surface area contributed by atoms with Crippen molar-refractivity contribution in [1.29, 1.82) is 5.26 Å². The lowest BCUT2D eigenvalue weighted by molar-refractivity contribution is -0.557. The fourth-order valence-corrected chi connectivity index (χ4v) is 3.30. The molecule has 0 aliphatic carbocycles. The van der Waals surface area contributed by atoms with E-state index in [9.17, 15) is 9.59 Å². The highest BCUT2D eigenvalue weighted by atomic mass is 16.2. The Morgan fingerprint density at radius 2 is 1.84 bits per heavy atom. The lowest BCUT2D eigenvalue weighted by Crippen LogP contribution is -2.45. The zero-order valence-electron chi connectivity index (χ0n) is 17.0. The zero-order chi connectivity index (χ0) is 22.0. The van der Waals surface area contributed by atoms with E-state index in [1.807, 2.05) is 16.7 Å². The summed E-state index contributed by atoms with van der Waals surface area (Å²) >= 11 is 0. The van der Waals surface area contributed by atoms with E-state index in [-0.39, 0.29) is 17.5 Å². The molecule has 3 aromatic rings. The molecule has 0 unspecified atom stereocenters. The summed E-state index contributed by atoms with van der Waals surface area (Å²) in [6, 6.07) is 16.0. The van der Waals surface area contributed by atoms with Crippen molar-refractivity contribution in [1.82, 2.24) is 10.3 Å². The molecule has 1 aliphatic rings. The molecule has 1 aromatic heterocycles. The number of carbonyl (C=O) groups is 2. The molecule has 0 bridgehead atoms. The fourth-order valence-electron chi connectivity index (χ4n) is 3.30. The number of anilines is 1. The Morgan fingerprint density at radius 3 is 2.48 bits per heavy atom. The molecule has 0 saturated heterocycles. The molecule has 8 heteroatoms. The van der Waals surface area contributed by atoms with Crippen LogP contribution in [0.4, 0.5) is 5.69 Å². The lowest BCUT2D eigenvalue weighted by Gasteiger charge is -2.16. The fraction of sp³-hybridized carbons (Fsp3) is 0.130. The van der Waals surface area contributed by atoms with E-state index in [4.69, 9.17) is 5.26 Å². The highest BCUT2D eigenvalue weighted by Crippen LogP contribution is 2.16. The standard InChI is InChI=1S/C23H18N6O2/c1-25-22(30)17-7-5-16(6-8-17)21-27-13-19-12-26-20(14-29(19)21)23(31)28(2)18-9-3-15(11-24)4-10-18/h3-10,12,14H,13H2,1-2H3/p+1. The molecule has 8 nitrogen and oxygen atoms in total. The lowest BCUT2D eigenvalue weighted by atomic mass is 10.1. The third kappa shape index (κ3) is 3.76. The van der Waals surface area contributed by atoms with Crippen molar-refractivity contribution in [3.8, 4) is 6.07 Å². The van der Waals surface area contributed by atoms with Crippen LogP contribution in [-0.4, -0.2) is 36.7 Å². The summed E-state index contributed by atoms with van der Waals surface area (Å²) in [7, 11) is 3.25. The van der Waals surface area contributed by atoms with Crippen molar-refractivity contribution in [2.24, 2.45) is 4.99 Å². The first kappa shape index (κ1) is 19.9. The van der Waals surface area contributed by atoms with Gasteiger partial charge in [-0.1, -0.05) is 4.99 Å². The van der Waals surface area contributed by atoms with Crippen LogP contribution in [0.1, 0.15) is 37.7 Å². The van der Waals surface area contributed by atoms with Gasteiger partial charge in [-0.15, -0.1) is 0 Å². The topological polar surface area (TPSA) is 102 Å². The third-order valence-electron chi connectivity index (χ3n) is 5.07. The van der Waals surface area contributed by atoms with Gasteiger partial charge in [-0.05, 0) is 48.5 Å². The van der Waals surface area contributed by atoms with Crippen molar-refractivity contribution < 1.29 is 14.2 Å². The first-order valence-corrected chi connectivity index (χ1v) is 9.58. The van der Waals surface area contributed by atoms with Crippen LogP contribution in [0.3, 0.4) is 0 Å². The van der Waals surface area contributed by atoms with Crippen LogP contribution in [0.2, 0.25) is 0 Å². The number of hydrogen-bond donors (Lipinski definition) is 1.